The molecule has 142 valence electrons. The van der Waals surface area contributed by atoms with Gasteiger partial charge in [-0.15, -0.1) is 0 Å². The van der Waals surface area contributed by atoms with Crippen LogP contribution in [-0.4, -0.2) is 17.6 Å². The van der Waals surface area contributed by atoms with Crippen LogP contribution in [0.25, 0.3) is 0 Å². The van der Waals surface area contributed by atoms with Crippen molar-refractivity contribution in [3.05, 3.63) is 108 Å². The molecule has 2 N–H and O–H groups in total. The Hall–Kier alpha value is -3.38. The summed E-state index contributed by atoms with van der Waals surface area (Å²) in [5, 5.41) is 0. The van der Waals surface area contributed by atoms with Gasteiger partial charge in [0.05, 0.1) is 0 Å². The van der Waals surface area contributed by atoms with Crippen LogP contribution in [0.3, 0.4) is 0 Å². The van der Waals surface area contributed by atoms with Gasteiger partial charge in [0, 0.05) is 11.1 Å². The van der Waals surface area contributed by atoms with Crippen molar-refractivity contribution in [3.63, 3.8) is 0 Å². The summed E-state index contributed by atoms with van der Waals surface area (Å²) in [7, 11) is 0. The van der Waals surface area contributed by atoms with E-state index in [9.17, 15) is 9.59 Å². The van der Waals surface area contributed by atoms with Gasteiger partial charge in [-0.25, -0.2) is 5.43 Å². The number of alkyl halides is 2. The Morgan fingerprint density at radius 1 is 0.714 bits per heavy atom. The second-order valence-electron chi connectivity index (χ2n) is 6.13. The smallest absolute Gasteiger partial charge is 0.287 e. The van der Waals surface area contributed by atoms with Crippen LogP contribution in [0, 0.1) is 0 Å². The number of benzene rings is 3. The highest BCUT2D eigenvalue weighted by Gasteiger charge is 2.48. The van der Waals surface area contributed by atoms with E-state index in [1.807, 2.05) is 0 Å². The standard InChI is InChI=1S/C22H18F2N2O2/c23-22(24,20(27)17-12-6-2-7-13-17)19(16-10-4-1-5-11-16)25-26-21(28)18-14-8-3-9-15-18/h1-15,19,25H,(H,26,28)/t19-/m0/s1. The predicted octanol–water partition coefficient (Wildman–Crippen LogP) is 4.18. The first-order chi connectivity index (χ1) is 13.5. The van der Waals surface area contributed by atoms with Gasteiger partial charge in [0.2, 0.25) is 5.78 Å². The summed E-state index contributed by atoms with van der Waals surface area (Å²) in [6.07, 6.45) is 0. The molecule has 1 atom stereocenters. The van der Waals surface area contributed by atoms with E-state index in [-0.39, 0.29) is 11.1 Å². The Morgan fingerprint density at radius 2 is 1.18 bits per heavy atom. The van der Waals surface area contributed by atoms with E-state index in [4.69, 9.17) is 0 Å². The highest BCUT2D eigenvalue weighted by Crippen LogP contribution is 2.34. The van der Waals surface area contributed by atoms with Gasteiger partial charge in [-0.3, -0.25) is 15.0 Å². The van der Waals surface area contributed by atoms with Gasteiger partial charge < -0.3 is 0 Å². The number of Topliss-reactive ketones (excluding diaryl/α,β-unsaturated/α-hetero) is 1. The molecule has 3 rings (SSSR count). The number of carbonyl (C=O) groups is 2. The predicted molar refractivity (Wildman–Crippen MR) is 102 cm³/mol. The summed E-state index contributed by atoms with van der Waals surface area (Å²) in [5.41, 5.74) is 5.01. The molecule has 0 bridgehead atoms. The molecule has 0 heterocycles. The van der Waals surface area contributed by atoms with Crippen LogP contribution in [0.1, 0.15) is 32.3 Å². The SMILES string of the molecule is O=C(NN[C@@H](c1ccccc1)C(F)(F)C(=O)c1ccccc1)c1ccccc1. The molecule has 3 aromatic carbocycles. The second kappa shape index (κ2) is 8.54. The van der Waals surface area contributed by atoms with Crippen LogP contribution in [0.5, 0.6) is 0 Å². The zero-order chi connectivity index (χ0) is 20.0. The summed E-state index contributed by atoms with van der Waals surface area (Å²) in [6.45, 7) is 0. The first-order valence-corrected chi connectivity index (χ1v) is 8.63. The Labute approximate surface area is 161 Å². The van der Waals surface area contributed by atoms with Crippen molar-refractivity contribution < 1.29 is 18.4 Å². The third-order valence-corrected chi connectivity index (χ3v) is 4.20. The lowest BCUT2D eigenvalue weighted by Gasteiger charge is -2.27. The van der Waals surface area contributed by atoms with Crippen LogP contribution < -0.4 is 10.9 Å². The largest absolute Gasteiger partial charge is 0.330 e. The van der Waals surface area contributed by atoms with E-state index < -0.39 is 23.7 Å². The van der Waals surface area contributed by atoms with Crippen LogP contribution in [0.4, 0.5) is 8.78 Å². The van der Waals surface area contributed by atoms with E-state index in [0.29, 0.717) is 5.56 Å². The molecular weight excluding hydrogens is 362 g/mol. The molecule has 0 spiro atoms. The number of hydrogen-bond donors (Lipinski definition) is 2. The minimum absolute atomic E-state index is 0.107. The number of hydrazine groups is 1. The lowest BCUT2D eigenvalue weighted by atomic mass is 9.94. The van der Waals surface area contributed by atoms with Gasteiger partial charge >= 0.3 is 5.92 Å². The summed E-state index contributed by atoms with van der Waals surface area (Å²) < 4.78 is 30.3. The number of ketones is 1. The Balaban J connectivity index is 1.87. The minimum atomic E-state index is -3.80. The van der Waals surface area contributed by atoms with Crippen molar-refractivity contribution in [3.8, 4) is 0 Å². The lowest BCUT2D eigenvalue weighted by molar-refractivity contribution is -0.0194. The molecule has 1 amide bonds. The highest BCUT2D eigenvalue weighted by molar-refractivity contribution is 6.02. The first-order valence-electron chi connectivity index (χ1n) is 8.63. The molecule has 0 unspecified atom stereocenters. The van der Waals surface area contributed by atoms with Crippen LogP contribution in [0.2, 0.25) is 0 Å². The Bertz CT molecular complexity index is 933. The first kappa shape index (κ1) is 19.4. The van der Waals surface area contributed by atoms with Crippen LogP contribution in [0.15, 0.2) is 91.0 Å². The average Bonchev–Trinajstić information content (AvgIpc) is 2.75. The zero-order valence-electron chi connectivity index (χ0n) is 14.8. The van der Waals surface area contributed by atoms with Gasteiger partial charge in [-0.2, -0.15) is 8.78 Å². The third kappa shape index (κ3) is 4.29. The minimum Gasteiger partial charge on any atom is -0.287 e. The molecule has 0 aliphatic rings. The van der Waals surface area contributed by atoms with Crippen LogP contribution >= 0.6 is 0 Å². The summed E-state index contributed by atoms with van der Waals surface area (Å²) in [5.74, 6) is -5.71. The van der Waals surface area contributed by atoms with E-state index >= 15 is 8.78 Å². The van der Waals surface area contributed by atoms with Gasteiger partial charge in [-0.1, -0.05) is 78.9 Å². The molecule has 0 aliphatic heterocycles. The number of amides is 1. The molecule has 0 radical (unpaired) electrons. The highest BCUT2D eigenvalue weighted by atomic mass is 19.3. The number of carbonyl (C=O) groups excluding carboxylic acids is 2. The fourth-order valence-corrected chi connectivity index (χ4v) is 2.74. The van der Waals surface area contributed by atoms with E-state index in [1.54, 1.807) is 54.6 Å². The van der Waals surface area contributed by atoms with Crippen molar-refractivity contribution >= 4 is 11.7 Å². The van der Waals surface area contributed by atoms with Crippen molar-refractivity contribution in [1.29, 1.82) is 0 Å². The molecule has 0 saturated heterocycles. The number of halogens is 2. The molecule has 4 nitrogen and oxygen atoms in total. The van der Waals surface area contributed by atoms with E-state index in [2.05, 4.69) is 10.9 Å². The Kier molecular flexibility index (Phi) is 5.91. The van der Waals surface area contributed by atoms with Gasteiger partial charge in [0.1, 0.15) is 6.04 Å². The van der Waals surface area contributed by atoms with E-state index in [0.717, 1.165) is 0 Å². The fraction of sp³-hybridized carbons (Fsp3) is 0.0909. The molecule has 0 fully saturated rings. The average molecular weight is 380 g/mol. The quantitative estimate of drug-likeness (QED) is 0.478. The van der Waals surface area contributed by atoms with Gasteiger partial charge in [0.15, 0.2) is 0 Å². The molecule has 0 aromatic heterocycles. The maximum Gasteiger partial charge on any atom is 0.330 e. The third-order valence-electron chi connectivity index (χ3n) is 4.20. The normalized spacial score (nSPS) is 12.2. The van der Waals surface area contributed by atoms with Crippen molar-refractivity contribution in [2.24, 2.45) is 0 Å². The molecule has 3 aromatic rings. The number of hydrogen-bond acceptors (Lipinski definition) is 3. The topological polar surface area (TPSA) is 58.2 Å². The fourth-order valence-electron chi connectivity index (χ4n) is 2.74. The molecule has 6 heteroatoms. The maximum atomic E-state index is 15.1. The Morgan fingerprint density at radius 3 is 1.71 bits per heavy atom. The molecule has 0 saturated carbocycles. The van der Waals surface area contributed by atoms with Crippen molar-refractivity contribution in [2.75, 3.05) is 0 Å². The summed E-state index contributed by atoms with van der Waals surface area (Å²) >= 11 is 0. The molecule has 0 aliphatic carbocycles. The van der Waals surface area contributed by atoms with Crippen molar-refractivity contribution in [2.45, 2.75) is 12.0 Å². The number of nitrogens with one attached hydrogen (secondary N) is 2. The maximum absolute atomic E-state index is 15.1. The van der Waals surface area contributed by atoms with Gasteiger partial charge in [0.25, 0.3) is 5.91 Å². The van der Waals surface area contributed by atoms with Crippen molar-refractivity contribution in [1.82, 2.24) is 10.9 Å². The van der Waals surface area contributed by atoms with E-state index in [1.165, 1.54) is 36.4 Å². The lowest BCUT2D eigenvalue weighted by Crippen LogP contribution is -2.50. The molecular formula is C22H18F2N2O2. The number of rotatable bonds is 7. The molecule has 28 heavy (non-hydrogen) atoms. The monoisotopic (exact) mass is 380 g/mol. The summed E-state index contributed by atoms with van der Waals surface area (Å²) in [6, 6.07) is 21.6. The van der Waals surface area contributed by atoms with Gasteiger partial charge in [-0.05, 0) is 17.7 Å². The summed E-state index contributed by atoms with van der Waals surface area (Å²) in [4.78, 5) is 24.7. The zero-order valence-corrected chi connectivity index (χ0v) is 14.8. The second-order valence-corrected chi connectivity index (χ2v) is 6.13. The van der Waals surface area contributed by atoms with Crippen LogP contribution in [-0.2, 0) is 0 Å².